The minimum atomic E-state index is 0.124. The molecule has 0 saturated heterocycles. The molecule has 0 aliphatic carbocycles. The van der Waals surface area contributed by atoms with E-state index in [1.807, 2.05) is 37.5 Å². The fourth-order valence-corrected chi connectivity index (χ4v) is 2.74. The van der Waals surface area contributed by atoms with Gasteiger partial charge in [-0.2, -0.15) is 5.10 Å². The number of ether oxygens (including phenoxy) is 2. The van der Waals surface area contributed by atoms with Gasteiger partial charge in [-0.15, -0.1) is 0 Å². The van der Waals surface area contributed by atoms with Crippen molar-refractivity contribution in [1.82, 2.24) is 20.3 Å². The highest BCUT2D eigenvalue weighted by atomic mass is 16.5. The van der Waals surface area contributed by atoms with E-state index in [1.165, 1.54) is 0 Å². The first kappa shape index (κ1) is 17.0. The van der Waals surface area contributed by atoms with Crippen LogP contribution in [0.4, 0.5) is 0 Å². The average Bonchev–Trinajstić information content (AvgIpc) is 3.32. The van der Waals surface area contributed by atoms with Crippen molar-refractivity contribution in [3.63, 3.8) is 0 Å². The second-order valence-electron chi connectivity index (χ2n) is 5.85. The standard InChI is InChI=1S/C18H22N4O3/c1-12(16-7-8-25-21-16)22(2)11-13-10-19-20-18(13)15-6-5-14(23-3)9-17(15)24-4/h5-10,12H,11H2,1-4H3,(H,19,20). The van der Waals surface area contributed by atoms with Crippen molar-refractivity contribution in [2.45, 2.75) is 19.5 Å². The SMILES string of the molecule is COc1ccc(-c2[nH]ncc2CN(C)C(C)c2ccon2)c(OC)c1. The highest BCUT2D eigenvalue weighted by molar-refractivity contribution is 5.71. The Kier molecular flexibility index (Phi) is 5.04. The third-order valence-electron chi connectivity index (χ3n) is 4.36. The number of aromatic nitrogens is 3. The second kappa shape index (κ2) is 7.40. The van der Waals surface area contributed by atoms with E-state index in [1.54, 1.807) is 20.5 Å². The summed E-state index contributed by atoms with van der Waals surface area (Å²) in [6, 6.07) is 7.74. The largest absolute Gasteiger partial charge is 0.497 e. The Labute approximate surface area is 146 Å². The number of rotatable bonds is 7. The smallest absolute Gasteiger partial charge is 0.131 e. The van der Waals surface area contributed by atoms with Crippen LogP contribution < -0.4 is 9.47 Å². The van der Waals surface area contributed by atoms with Crippen molar-refractivity contribution >= 4 is 0 Å². The van der Waals surface area contributed by atoms with E-state index in [-0.39, 0.29) is 6.04 Å². The third-order valence-corrected chi connectivity index (χ3v) is 4.36. The van der Waals surface area contributed by atoms with Crippen LogP contribution in [-0.4, -0.2) is 41.5 Å². The minimum absolute atomic E-state index is 0.124. The summed E-state index contributed by atoms with van der Waals surface area (Å²) >= 11 is 0. The summed E-state index contributed by atoms with van der Waals surface area (Å²) in [5.41, 5.74) is 3.84. The lowest BCUT2D eigenvalue weighted by Crippen LogP contribution is -2.22. The quantitative estimate of drug-likeness (QED) is 0.710. The van der Waals surface area contributed by atoms with Crippen LogP contribution in [0.1, 0.15) is 24.2 Å². The highest BCUT2D eigenvalue weighted by Gasteiger charge is 2.19. The molecule has 0 amide bonds. The van der Waals surface area contributed by atoms with Gasteiger partial charge in [0, 0.05) is 29.8 Å². The molecule has 1 atom stereocenters. The molecule has 3 aromatic rings. The number of hydrogen-bond donors (Lipinski definition) is 1. The Morgan fingerprint density at radius 1 is 1.24 bits per heavy atom. The topological polar surface area (TPSA) is 76.4 Å². The monoisotopic (exact) mass is 342 g/mol. The summed E-state index contributed by atoms with van der Waals surface area (Å²) < 4.78 is 15.7. The van der Waals surface area contributed by atoms with Gasteiger partial charge in [-0.25, -0.2) is 0 Å². The zero-order chi connectivity index (χ0) is 17.8. The lowest BCUT2D eigenvalue weighted by atomic mass is 10.1. The van der Waals surface area contributed by atoms with E-state index in [9.17, 15) is 0 Å². The maximum atomic E-state index is 5.51. The molecule has 0 fully saturated rings. The van der Waals surface area contributed by atoms with E-state index in [0.717, 1.165) is 34.0 Å². The van der Waals surface area contributed by atoms with Gasteiger partial charge in [0.15, 0.2) is 0 Å². The highest BCUT2D eigenvalue weighted by Crippen LogP contribution is 2.34. The van der Waals surface area contributed by atoms with Crippen molar-refractivity contribution in [2.75, 3.05) is 21.3 Å². The molecule has 3 rings (SSSR count). The van der Waals surface area contributed by atoms with Crippen LogP contribution in [0.5, 0.6) is 11.5 Å². The Bertz CT molecular complexity index is 814. The van der Waals surface area contributed by atoms with E-state index in [2.05, 4.69) is 27.2 Å². The van der Waals surface area contributed by atoms with Gasteiger partial charge in [-0.3, -0.25) is 10.00 Å². The van der Waals surface area contributed by atoms with Crippen molar-refractivity contribution in [1.29, 1.82) is 0 Å². The van der Waals surface area contributed by atoms with Crippen LogP contribution in [0.25, 0.3) is 11.3 Å². The lowest BCUT2D eigenvalue weighted by Gasteiger charge is -2.22. The van der Waals surface area contributed by atoms with Crippen LogP contribution in [0.2, 0.25) is 0 Å². The van der Waals surface area contributed by atoms with Crippen molar-refractivity contribution in [3.05, 3.63) is 48.0 Å². The van der Waals surface area contributed by atoms with Crippen LogP contribution in [0.3, 0.4) is 0 Å². The van der Waals surface area contributed by atoms with Crippen molar-refractivity contribution < 1.29 is 14.0 Å². The number of hydrogen-bond acceptors (Lipinski definition) is 6. The number of nitrogens with one attached hydrogen (secondary N) is 1. The molecular formula is C18H22N4O3. The fourth-order valence-electron chi connectivity index (χ4n) is 2.74. The molecule has 0 saturated carbocycles. The molecule has 2 aromatic heterocycles. The summed E-state index contributed by atoms with van der Waals surface area (Å²) in [6.07, 6.45) is 3.43. The maximum Gasteiger partial charge on any atom is 0.131 e. The van der Waals surface area contributed by atoms with Gasteiger partial charge in [0.25, 0.3) is 0 Å². The molecule has 0 aliphatic rings. The first-order valence-electron chi connectivity index (χ1n) is 7.99. The molecule has 1 unspecified atom stereocenters. The number of benzene rings is 1. The van der Waals surface area contributed by atoms with Gasteiger partial charge < -0.3 is 14.0 Å². The molecule has 132 valence electrons. The minimum Gasteiger partial charge on any atom is -0.497 e. The Hall–Kier alpha value is -2.80. The molecular weight excluding hydrogens is 320 g/mol. The number of methoxy groups -OCH3 is 2. The van der Waals surface area contributed by atoms with Crippen LogP contribution in [0, 0.1) is 0 Å². The zero-order valence-corrected chi connectivity index (χ0v) is 14.8. The number of H-pyrrole nitrogens is 1. The van der Waals surface area contributed by atoms with E-state index in [4.69, 9.17) is 14.0 Å². The van der Waals surface area contributed by atoms with Gasteiger partial charge in [0.1, 0.15) is 23.5 Å². The van der Waals surface area contributed by atoms with Crippen molar-refractivity contribution in [3.8, 4) is 22.8 Å². The molecule has 0 radical (unpaired) electrons. The first-order chi connectivity index (χ1) is 12.1. The zero-order valence-electron chi connectivity index (χ0n) is 14.8. The van der Waals surface area contributed by atoms with Gasteiger partial charge in [-0.05, 0) is 26.1 Å². The van der Waals surface area contributed by atoms with E-state index in [0.29, 0.717) is 6.54 Å². The molecule has 7 heteroatoms. The second-order valence-corrected chi connectivity index (χ2v) is 5.85. The van der Waals surface area contributed by atoms with E-state index >= 15 is 0 Å². The summed E-state index contributed by atoms with van der Waals surface area (Å²) in [5, 5.41) is 11.3. The maximum absolute atomic E-state index is 5.51. The van der Waals surface area contributed by atoms with Crippen molar-refractivity contribution in [2.24, 2.45) is 0 Å². The summed E-state index contributed by atoms with van der Waals surface area (Å²) in [5.74, 6) is 1.48. The van der Waals surface area contributed by atoms with E-state index < -0.39 is 0 Å². The predicted octanol–water partition coefficient (Wildman–Crippen LogP) is 3.27. The Morgan fingerprint density at radius 2 is 2.08 bits per heavy atom. The molecule has 2 heterocycles. The Balaban J connectivity index is 1.86. The molecule has 0 bridgehead atoms. The third kappa shape index (κ3) is 3.51. The number of nitrogens with zero attached hydrogens (tertiary/aromatic N) is 3. The van der Waals surface area contributed by atoms with Crippen LogP contribution >= 0.6 is 0 Å². The van der Waals surface area contributed by atoms with Crippen LogP contribution in [0.15, 0.2) is 41.2 Å². The summed E-state index contributed by atoms with van der Waals surface area (Å²) in [4.78, 5) is 2.18. The van der Waals surface area contributed by atoms with Gasteiger partial charge in [0.05, 0.1) is 32.2 Å². The lowest BCUT2D eigenvalue weighted by molar-refractivity contribution is 0.241. The van der Waals surface area contributed by atoms with Crippen LogP contribution in [-0.2, 0) is 6.54 Å². The molecule has 25 heavy (non-hydrogen) atoms. The molecule has 0 aliphatic heterocycles. The van der Waals surface area contributed by atoms with Gasteiger partial charge in [0.2, 0.25) is 0 Å². The average molecular weight is 342 g/mol. The first-order valence-corrected chi connectivity index (χ1v) is 7.99. The van der Waals surface area contributed by atoms with Gasteiger partial charge >= 0.3 is 0 Å². The fraction of sp³-hybridized carbons (Fsp3) is 0.333. The molecule has 1 N–H and O–H groups in total. The Morgan fingerprint density at radius 3 is 2.76 bits per heavy atom. The molecule has 7 nitrogen and oxygen atoms in total. The summed E-state index contributed by atoms with van der Waals surface area (Å²) in [6.45, 7) is 2.79. The molecule has 1 aromatic carbocycles. The summed E-state index contributed by atoms with van der Waals surface area (Å²) in [7, 11) is 5.32. The normalized spacial score (nSPS) is 12.4. The molecule has 0 spiro atoms. The number of aromatic amines is 1. The van der Waals surface area contributed by atoms with Gasteiger partial charge in [-0.1, -0.05) is 5.16 Å². The predicted molar refractivity (Wildman–Crippen MR) is 93.5 cm³/mol.